The minimum Gasteiger partial charge on any atom is -0.310 e. The smallest absolute Gasteiger partial charge is 0.0233 e. The first-order valence-corrected chi connectivity index (χ1v) is 8.42. The highest BCUT2D eigenvalue weighted by molar-refractivity contribution is 7.98. The fourth-order valence-electron chi connectivity index (χ4n) is 1.97. The highest BCUT2D eigenvalue weighted by atomic mass is 32.2. The van der Waals surface area contributed by atoms with Crippen LogP contribution in [0.3, 0.4) is 0 Å². The van der Waals surface area contributed by atoms with Crippen LogP contribution in [0.2, 0.25) is 0 Å². The molecule has 0 saturated heterocycles. The number of nitrogens with zero attached hydrogens (tertiary/aromatic N) is 1. The number of thioether (sulfide) groups is 1. The summed E-state index contributed by atoms with van der Waals surface area (Å²) in [5.74, 6) is 1.19. The van der Waals surface area contributed by atoms with Crippen molar-refractivity contribution in [3.05, 3.63) is 35.4 Å². The summed E-state index contributed by atoms with van der Waals surface area (Å²) in [6.07, 6.45) is 2.17. The Morgan fingerprint density at radius 2 is 1.89 bits per heavy atom. The summed E-state index contributed by atoms with van der Waals surface area (Å²) in [4.78, 5) is 2.42. The van der Waals surface area contributed by atoms with Crippen molar-refractivity contribution in [1.82, 2.24) is 10.2 Å². The van der Waals surface area contributed by atoms with E-state index in [2.05, 4.69) is 68.6 Å². The molecule has 0 amide bonds. The molecular formula is C16H28N2S. The minimum atomic E-state index is 0.535. The Hall–Kier alpha value is -0.510. The van der Waals surface area contributed by atoms with Crippen LogP contribution < -0.4 is 5.32 Å². The van der Waals surface area contributed by atoms with Gasteiger partial charge in [0.25, 0.3) is 0 Å². The maximum atomic E-state index is 3.47. The van der Waals surface area contributed by atoms with Crippen molar-refractivity contribution in [3.63, 3.8) is 0 Å². The second kappa shape index (κ2) is 8.62. The van der Waals surface area contributed by atoms with E-state index in [1.807, 2.05) is 11.8 Å². The molecule has 0 fully saturated rings. The molecule has 1 unspecified atom stereocenters. The Balaban J connectivity index is 2.56. The number of benzene rings is 1. The van der Waals surface area contributed by atoms with E-state index in [0.29, 0.717) is 12.1 Å². The van der Waals surface area contributed by atoms with E-state index in [9.17, 15) is 0 Å². The van der Waals surface area contributed by atoms with Crippen molar-refractivity contribution in [1.29, 1.82) is 0 Å². The van der Waals surface area contributed by atoms with E-state index in [4.69, 9.17) is 0 Å². The van der Waals surface area contributed by atoms with E-state index in [1.54, 1.807) is 0 Å². The molecule has 1 aromatic carbocycles. The van der Waals surface area contributed by atoms with Gasteiger partial charge >= 0.3 is 0 Å². The van der Waals surface area contributed by atoms with E-state index < -0.39 is 0 Å². The van der Waals surface area contributed by atoms with Gasteiger partial charge in [-0.2, -0.15) is 11.8 Å². The number of rotatable bonds is 8. The fourth-order valence-corrected chi connectivity index (χ4v) is 2.71. The largest absolute Gasteiger partial charge is 0.310 e. The highest BCUT2D eigenvalue weighted by Gasteiger charge is 2.09. The van der Waals surface area contributed by atoms with Crippen LogP contribution in [0, 0.1) is 0 Å². The van der Waals surface area contributed by atoms with Crippen LogP contribution in [0.1, 0.15) is 31.9 Å². The van der Waals surface area contributed by atoms with Gasteiger partial charge in [-0.25, -0.2) is 0 Å². The summed E-state index contributed by atoms with van der Waals surface area (Å²) in [6, 6.07) is 10.1. The molecule has 1 atom stereocenters. The lowest BCUT2D eigenvalue weighted by Crippen LogP contribution is -2.30. The Bertz CT molecular complexity index is 366. The monoisotopic (exact) mass is 280 g/mol. The van der Waals surface area contributed by atoms with Crippen LogP contribution in [0.25, 0.3) is 0 Å². The third-order valence-electron chi connectivity index (χ3n) is 3.30. The normalized spacial score (nSPS) is 13.2. The van der Waals surface area contributed by atoms with E-state index in [0.717, 1.165) is 13.1 Å². The summed E-state index contributed by atoms with van der Waals surface area (Å²) in [5, 5.41) is 3.47. The molecule has 0 aromatic heterocycles. The first kappa shape index (κ1) is 16.5. The highest BCUT2D eigenvalue weighted by Crippen LogP contribution is 2.11. The molecule has 2 nitrogen and oxygen atoms in total. The molecule has 0 saturated carbocycles. The number of nitrogens with one attached hydrogen (secondary N) is 1. The zero-order valence-corrected chi connectivity index (χ0v) is 13.8. The number of hydrogen-bond donors (Lipinski definition) is 1. The van der Waals surface area contributed by atoms with Gasteiger partial charge in [-0.3, -0.25) is 4.90 Å². The van der Waals surface area contributed by atoms with Gasteiger partial charge in [0.15, 0.2) is 0 Å². The lowest BCUT2D eigenvalue weighted by molar-refractivity contribution is 0.269. The van der Waals surface area contributed by atoms with Gasteiger partial charge < -0.3 is 5.32 Å². The van der Waals surface area contributed by atoms with E-state index in [1.165, 1.54) is 16.9 Å². The van der Waals surface area contributed by atoms with Crippen molar-refractivity contribution in [2.75, 3.05) is 19.1 Å². The zero-order chi connectivity index (χ0) is 14.3. The van der Waals surface area contributed by atoms with Crippen LogP contribution in [-0.2, 0) is 13.1 Å². The molecule has 1 rings (SSSR count). The Morgan fingerprint density at radius 1 is 1.21 bits per heavy atom. The summed E-state index contributed by atoms with van der Waals surface area (Å²) >= 11 is 1.91. The Kier molecular flexibility index (Phi) is 7.51. The molecule has 0 aliphatic rings. The summed E-state index contributed by atoms with van der Waals surface area (Å²) in [6.45, 7) is 8.64. The molecule has 108 valence electrons. The maximum Gasteiger partial charge on any atom is 0.0233 e. The molecule has 19 heavy (non-hydrogen) atoms. The van der Waals surface area contributed by atoms with Gasteiger partial charge in [0.2, 0.25) is 0 Å². The minimum absolute atomic E-state index is 0.535. The van der Waals surface area contributed by atoms with Crippen LogP contribution in [0.5, 0.6) is 0 Å². The maximum absolute atomic E-state index is 3.47. The first-order chi connectivity index (χ1) is 9.02. The average molecular weight is 280 g/mol. The van der Waals surface area contributed by atoms with Crippen LogP contribution >= 0.6 is 11.8 Å². The molecule has 0 heterocycles. The van der Waals surface area contributed by atoms with Crippen molar-refractivity contribution < 1.29 is 0 Å². The van der Waals surface area contributed by atoms with Crippen LogP contribution in [0.15, 0.2) is 24.3 Å². The van der Waals surface area contributed by atoms with Gasteiger partial charge in [-0.05, 0) is 31.4 Å². The summed E-state index contributed by atoms with van der Waals surface area (Å²) in [7, 11) is 2.21. The molecule has 0 radical (unpaired) electrons. The second-order valence-corrected chi connectivity index (χ2v) is 6.49. The standard InChI is InChI=1S/C16H28N2S/c1-13(2)17-10-15-7-6-8-16(9-15)11-18(4)14(3)12-19-5/h6-9,13-14,17H,10-12H2,1-5H3. The molecule has 1 aromatic rings. The molecular weight excluding hydrogens is 252 g/mol. The number of hydrogen-bond acceptors (Lipinski definition) is 3. The third kappa shape index (κ3) is 6.46. The predicted molar refractivity (Wildman–Crippen MR) is 87.7 cm³/mol. The second-order valence-electron chi connectivity index (χ2n) is 5.58. The summed E-state index contributed by atoms with van der Waals surface area (Å²) < 4.78 is 0. The molecule has 0 bridgehead atoms. The Labute approximate surface area is 123 Å². The molecule has 0 aliphatic carbocycles. The first-order valence-electron chi connectivity index (χ1n) is 7.03. The van der Waals surface area contributed by atoms with Gasteiger partial charge in [0.1, 0.15) is 0 Å². The fraction of sp³-hybridized carbons (Fsp3) is 0.625. The summed E-state index contributed by atoms with van der Waals surface area (Å²) in [5.41, 5.74) is 2.77. The van der Waals surface area contributed by atoms with Crippen LogP contribution in [0.4, 0.5) is 0 Å². The lowest BCUT2D eigenvalue weighted by Gasteiger charge is -2.24. The van der Waals surface area contributed by atoms with Gasteiger partial charge in [-0.1, -0.05) is 38.1 Å². The van der Waals surface area contributed by atoms with E-state index >= 15 is 0 Å². The predicted octanol–water partition coefficient (Wildman–Crippen LogP) is 3.37. The van der Waals surface area contributed by atoms with Crippen molar-refractivity contribution >= 4 is 11.8 Å². The quantitative estimate of drug-likeness (QED) is 0.786. The van der Waals surface area contributed by atoms with Crippen molar-refractivity contribution in [2.45, 2.75) is 45.9 Å². The van der Waals surface area contributed by atoms with Gasteiger partial charge in [-0.15, -0.1) is 0 Å². The average Bonchev–Trinajstić information content (AvgIpc) is 2.37. The molecule has 0 spiro atoms. The van der Waals surface area contributed by atoms with Crippen molar-refractivity contribution in [2.24, 2.45) is 0 Å². The van der Waals surface area contributed by atoms with Gasteiger partial charge in [0, 0.05) is 30.9 Å². The topological polar surface area (TPSA) is 15.3 Å². The van der Waals surface area contributed by atoms with Crippen molar-refractivity contribution in [3.8, 4) is 0 Å². The Morgan fingerprint density at radius 3 is 2.53 bits per heavy atom. The lowest BCUT2D eigenvalue weighted by atomic mass is 10.1. The van der Waals surface area contributed by atoms with Crippen LogP contribution in [-0.4, -0.2) is 36.0 Å². The SMILES string of the molecule is CSCC(C)N(C)Cc1cccc(CNC(C)C)c1. The molecule has 1 N–H and O–H groups in total. The molecule has 3 heteroatoms. The van der Waals surface area contributed by atoms with Gasteiger partial charge in [0.05, 0.1) is 0 Å². The van der Waals surface area contributed by atoms with E-state index in [-0.39, 0.29) is 0 Å². The third-order valence-corrected chi connectivity index (χ3v) is 4.11. The zero-order valence-electron chi connectivity index (χ0n) is 12.9. The molecule has 0 aliphatic heterocycles.